The number of benzene rings is 1. The number of carbonyl (C=O) groups is 1. The first-order valence-corrected chi connectivity index (χ1v) is 7.75. The van der Waals surface area contributed by atoms with E-state index in [0.29, 0.717) is 32.0 Å². The summed E-state index contributed by atoms with van der Waals surface area (Å²) in [5.41, 5.74) is 1.49. The minimum absolute atomic E-state index is 0.0381. The second kappa shape index (κ2) is 10.2. The van der Waals surface area contributed by atoms with E-state index in [2.05, 4.69) is 12.2 Å². The van der Waals surface area contributed by atoms with Crippen molar-refractivity contribution in [2.24, 2.45) is 0 Å². The first-order chi connectivity index (χ1) is 10.6. The van der Waals surface area contributed by atoms with Gasteiger partial charge in [-0.2, -0.15) is 0 Å². The van der Waals surface area contributed by atoms with Crippen molar-refractivity contribution in [1.82, 2.24) is 5.32 Å². The van der Waals surface area contributed by atoms with Crippen molar-refractivity contribution in [3.8, 4) is 5.75 Å². The summed E-state index contributed by atoms with van der Waals surface area (Å²) < 4.78 is 16.2. The zero-order valence-electron chi connectivity index (χ0n) is 14.0. The first-order valence-electron chi connectivity index (χ1n) is 7.75. The fourth-order valence-corrected chi connectivity index (χ4v) is 2.06. The second-order valence-corrected chi connectivity index (χ2v) is 5.14. The van der Waals surface area contributed by atoms with Crippen LogP contribution in [-0.2, 0) is 16.1 Å². The number of amides is 1. The molecule has 0 saturated carbocycles. The van der Waals surface area contributed by atoms with E-state index in [0.717, 1.165) is 17.7 Å². The zero-order valence-corrected chi connectivity index (χ0v) is 14.0. The van der Waals surface area contributed by atoms with Crippen LogP contribution in [0.1, 0.15) is 43.1 Å². The van der Waals surface area contributed by atoms with E-state index < -0.39 is 0 Å². The van der Waals surface area contributed by atoms with Crippen molar-refractivity contribution in [3.63, 3.8) is 0 Å². The molecule has 5 nitrogen and oxygen atoms in total. The van der Waals surface area contributed by atoms with E-state index in [1.807, 2.05) is 26.0 Å². The summed E-state index contributed by atoms with van der Waals surface area (Å²) in [5, 5.41) is 2.90. The average molecular weight is 309 g/mol. The molecule has 0 fully saturated rings. The lowest BCUT2D eigenvalue weighted by atomic mass is 10.1. The van der Waals surface area contributed by atoms with Crippen LogP contribution in [0.2, 0.25) is 0 Å². The molecule has 0 spiro atoms. The fourth-order valence-electron chi connectivity index (χ4n) is 2.06. The normalized spacial score (nSPS) is 12.0. The summed E-state index contributed by atoms with van der Waals surface area (Å²) in [4.78, 5) is 12.2. The predicted octanol–water partition coefficient (Wildman–Crippen LogP) is 2.78. The molecule has 1 aromatic rings. The van der Waals surface area contributed by atoms with Crippen molar-refractivity contribution in [1.29, 1.82) is 0 Å². The van der Waals surface area contributed by atoms with Crippen molar-refractivity contribution < 1.29 is 19.0 Å². The van der Waals surface area contributed by atoms with E-state index in [1.54, 1.807) is 13.2 Å². The van der Waals surface area contributed by atoms with E-state index in [-0.39, 0.29) is 11.9 Å². The Bertz CT molecular complexity index is 462. The van der Waals surface area contributed by atoms with Gasteiger partial charge in [0.05, 0.1) is 19.8 Å². The largest absolute Gasteiger partial charge is 0.494 e. The van der Waals surface area contributed by atoms with Gasteiger partial charge in [0.1, 0.15) is 5.75 Å². The minimum Gasteiger partial charge on any atom is -0.494 e. The molecule has 124 valence electrons. The molecular weight excluding hydrogens is 282 g/mol. The smallest absolute Gasteiger partial charge is 0.251 e. The highest BCUT2D eigenvalue weighted by molar-refractivity contribution is 5.94. The third-order valence-corrected chi connectivity index (χ3v) is 3.02. The summed E-state index contributed by atoms with van der Waals surface area (Å²) >= 11 is 0. The Morgan fingerprint density at radius 2 is 2.09 bits per heavy atom. The molecule has 0 aromatic heterocycles. The van der Waals surface area contributed by atoms with Crippen LogP contribution in [0.5, 0.6) is 5.75 Å². The maximum Gasteiger partial charge on any atom is 0.251 e. The Morgan fingerprint density at radius 3 is 2.73 bits per heavy atom. The molecule has 1 unspecified atom stereocenters. The summed E-state index contributed by atoms with van der Waals surface area (Å²) in [6.07, 6.45) is 0.957. The van der Waals surface area contributed by atoms with Gasteiger partial charge >= 0.3 is 0 Å². The Balaban J connectivity index is 2.82. The molecule has 0 radical (unpaired) electrons. The molecule has 1 amide bonds. The van der Waals surface area contributed by atoms with E-state index >= 15 is 0 Å². The molecule has 1 N–H and O–H groups in total. The average Bonchev–Trinajstić information content (AvgIpc) is 2.49. The molecule has 1 aromatic carbocycles. The van der Waals surface area contributed by atoms with E-state index in [9.17, 15) is 4.79 Å². The number of nitrogens with one attached hydrogen (secondary N) is 1. The van der Waals surface area contributed by atoms with Crippen LogP contribution in [-0.4, -0.2) is 38.9 Å². The van der Waals surface area contributed by atoms with E-state index in [4.69, 9.17) is 14.2 Å². The van der Waals surface area contributed by atoms with Gasteiger partial charge in [-0.1, -0.05) is 6.92 Å². The molecule has 0 bridgehead atoms. The minimum atomic E-state index is -0.121. The Hall–Kier alpha value is -1.59. The quantitative estimate of drug-likeness (QED) is 0.675. The lowest BCUT2D eigenvalue weighted by molar-refractivity contribution is 0.0904. The van der Waals surface area contributed by atoms with E-state index in [1.165, 1.54) is 0 Å². The monoisotopic (exact) mass is 309 g/mol. The fraction of sp³-hybridized carbons (Fsp3) is 0.588. The molecule has 5 heteroatoms. The molecule has 0 saturated heterocycles. The third kappa shape index (κ3) is 6.03. The number of rotatable bonds is 10. The molecule has 0 aliphatic heterocycles. The summed E-state index contributed by atoms with van der Waals surface area (Å²) in [6.45, 7) is 8.09. The molecule has 0 aliphatic rings. The van der Waals surface area contributed by atoms with Gasteiger partial charge < -0.3 is 19.5 Å². The van der Waals surface area contributed by atoms with Crippen LogP contribution in [0.3, 0.4) is 0 Å². The Labute approximate surface area is 132 Å². The first kappa shape index (κ1) is 18.5. The van der Waals surface area contributed by atoms with Gasteiger partial charge in [0, 0.05) is 30.9 Å². The van der Waals surface area contributed by atoms with Gasteiger partial charge in [-0.25, -0.2) is 0 Å². The molecule has 0 heterocycles. The summed E-state index contributed by atoms with van der Waals surface area (Å²) in [6, 6.07) is 5.38. The van der Waals surface area contributed by atoms with Gasteiger partial charge in [0.15, 0.2) is 0 Å². The van der Waals surface area contributed by atoms with Gasteiger partial charge in [-0.3, -0.25) is 4.79 Å². The number of hydrogen-bond acceptors (Lipinski definition) is 4. The van der Waals surface area contributed by atoms with Crippen LogP contribution >= 0.6 is 0 Å². The van der Waals surface area contributed by atoms with Crippen LogP contribution < -0.4 is 10.1 Å². The number of ether oxygens (including phenoxy) is 3. The SMILES string of the molecule is CCCOCc1cc(C(=O)NC(C)COC)ccc1OCC. The second-order valence-electron chi connectivity index (χ2n) is 5.14. The molecule has 1 rings (SSSR count). The van der Waals surface area contributed by atoms with Crippen molar-refractivity contribution in [2.75, 3.05) is 26.9 Å². The predicted molar refractivity (Wildman–Crippen MR) is 86.4 cm³/mol. The summed E-state index contributed by atoms with van der Waals surface area (Å²) in [5.74, 6) is 0.643. The topological polar surface area (TPSA) is 56.8 Å². The molecular formula is C17H27NO4. The lowest BCUT2D eigenvalue weighted by Gasteiger charge is -2.15. The third-order valence-electron chi connectivity index (χ3n) is 3.02. The van der Waals surface area contributed by atoms with Crippen molar-refractivity contribution in [2.45, 2.75) is 39.8 Å². The van der Waals surface area contributed by atoms with Crippen molar-refractivity contribution >= 4 is 5.91 Å². The van der Waals surface area contributed by atoms with Gasteiger partial charge in [0.25, 0.3) is 5.91 Å². The van der Waals surface area contributed by atoms with Gasteiger partial charge in [-0.15, -0.1) is 0 Å². The van der Waals surface area contributed by atoms with Crippen LogP contribution in [0, 0.1) is 0 Å². The standard InChI is InChI=1S/C17H27NO4/c1-5-9-21-12-15-10-14(7-8-16(15)22-6-2)17(19)18-13(3)11-20-4/h7-8,10,13H,5-6,9,11-12H2,1-4H3,(H,18,19). The lowest BCUT2D eigenvalue weighted by Crippen LogP contribution is -2.35. The molecule has 0 aliphatic carbocycles. The highest BCUT2D eigenvalue weighted by Crippen LogP contribution is 2.21. The van der Waals surface area contributed by atoms with Crippen LogP contribution in [0.4, 0.5) is 0 Å². The summed E-state index contributed by atoms with van der Waals surface area (Å²) in [7, 11) is 1.61. The van der Waals surface area contributed by atoms with Crippen LogP contribution in [0.15, 0.2) is 18.2 Å². The molecule has 1 atom stereocenters. The highest BCUT2D eigenvalue weighted by atomic mass is 16.5. The molecule has 22 heavy (non-hydrogen) atoms. The number of hydrogen-bond donors (Lipinski definition) is 1. The Kier molecular flexibility index (Phi) is 8.55. The zero-order chi connectivity index (χ0) is 16.4. The highest BCUT2D eigenvalue weighted by Gasteiger charge is 2.13. The van der Waals surface area contributed by atoms with Crippen molar-refractivity contribution in [3.05, 3.63) is 29.3 Å². The maximum atomic E-state index is 12.2. The van der Waals surface area contributed by atoms with Gasteiger partial charge in [0.2, 0.25) is 0 Å². The van der Waals surface area contributed by atoms with Gasteiger partial charge in [-0.05, 0) is 38.5 Å². The maximum absolute atomic E-state index is 12.2. The van der Waals surface area contributed by atoms with Crippen LogP contribution in [0.25, 0.3) is 0 Å². The Morgan fingerprint density at radius 1 is 1.32 bits per heavy atom. The number of methoxy groups -OCH3 is 1. The number of carbonyl (C=O) groups excluding carboxylic acids is 1.